The molecule has 2 fully saturated rings. The lowest BCUT2D eigenvalue weighted by atomic mass is 9.87. The molecule has 0 saturated carbocycles. The van der Waals surface area contributed by atoms with Crippen molar-refractivity contribution in [3.63, 3.8) is 0 Å². The summed E-state index contributed by atoms with van der Waals surface area (Å²) in [6.07, 6.45) is 2.74. The fraction of sp³-hybridized carbons (Fsp3) is 0.565. The molecule has 0 aliphatic carbocycles. The van der Waals surface area contributed by atoms with Crippen LogP contribution in [0.1, 0.15) is 167 Å². The number of rotatable bonds is 6. The summed E-state index contributed by atoms with van der Waals surface area (Å²) in [6.45, 7) is 24.9. The minimum atomic E-state index is -0.589. The maximum atomic E-state index is 13.4. The van der Waals surface area contributed by atoms with Gasteiger partial charge in [-0.3, -0.25) is 9.80 Å². The van der Waals surface area contributed by atoms with E-state index in [4.69, 9.17) is 28.9 Å². The molecule has 8 rings (SSSR count). The average molecular weight is 793 g/mol. The van der Waals surface area contributed by atoms with Gasteiger partial charge in [-0.15, -0.1) is 0 Å². The standard InChI is InChI=1S/C46H60N6O6/c1-23(2)37-39(49-41(47-37)31-15-13-25(5)51(31)43(53)57-45(7,8)9)27-17-29-21-56-34-20-28(18-30-22-55-33(19-27)35(29)36(30)34)40-38(24(3)4)48-42(50-40)32-16-14-26(6)52(32)44(54)58-46(10,11)12/h17-20,23-26,31-32H,13-16,21-22H2,1-12H3,(H,47,49)(H,48,50)/t25-,26-,31-,32-/m0/s1. The van der Waals surface area contributed by atoms with E-state index in [0.29, 0.717) is 13.2 Å². The Bertz CT molecular complexity index is 2050. The van der Waals surface area contributed by atoms with Crippen molar-refractivity contribution in [2.45, 2.75) is 169 Å². The van der Waals surface area contributed by atoms with E-state index in [9.17, 15) is 9.59 Å². The van der Waals surface area contributed by atoms with Crippen LogP contribution in [0.2, 0.25) is 0 Å². The lowest BCUT2D eigenvalue weighted by Crippen LogP contribution is -2.40. The molecule has 4 atom stereocenters. The number of H-pyrrole nitrogens is 2. The van der Waals surface area contributed by atoms with Crippen molar-refractivity contribution in [1.82, 2.24) is 29.7 Å². The monoisotopic (exact) mass is 792 g/mol. The summed E-state index contributed by atoms with van der Waals surface area (Å²) >= 11 is 0. The van der Waals surface area contributed by atoms with Gasteiger partial charge >= 0.3 is 12.2 Å². The van der Waals surface area contributed by atoms with Gasteiger partial charge in [0.25, 0.3) is 0 Å². The number of carbonyl (C=O) groups is 2. The fourth-order valence-electron chi connectivity index (χ4n) is 9.11. The van der Waals surface area contributed by atoms with Crippen LogP contribution in [-0.4, -0.2) is 65.2 Å². The van der Waals surface area contributed by atoms with Crippen molar-refractivity contribution >= 4 is 12.2 Å². The van der Waals surface area contributed by atoms with Gasteiger partial charge in [0.15, 0.2) is 0 Å². The van der Waals surface area contributed by atoms with E-state index < -0.39 is 11.2 Å². The molecule has 0 radical (unpaired) electrons. The van der Waals surface area contributed by atoms with Crippen LogP contribution < -0.4 is 9.47 Å². The first-order valence-corrected chi connectivity index (χ1v) is 21.1. The number of ether oxygens (including phenoxy) is 4. The van der Waals surface area contributed by atoms with Crippen LogP contribution in [0.15, 0.2) is 24.3 Å². The Labute approximate surface area is 342 Å². The van der Waals surface area contributed by atoms with Crippen LogP contribution in [0.25, 0.3) is 33.6 Å². The van der Waals surface area contributed by atoms with Gasteiger partial charge in [-0.05, 0) is 117 Å². The summed E-state index contributed by atoms with van der Waals surface area (Å²) < 4.78 is 24.9. The third kappa shape index (κ3) is 7.21. The van der Waals surface area contributed by atoms with Gasteiger partial charge in [0.05, 0.1) is 23.5 Å². The first-order valence-electron chi connectivity index (χ1n) is 21.1. The van der Waals surface area contributed by atoms with Crippen LogP contribution in [-0.2, 0) is 22.7 Å². The molecule has 12 heteroatoms. The van der Waals surface area contributed by atoms with Crippen molar-refractivity contribution in [2.24, 2.45) is 0 Å². The van der Waals surface area contributed by atoms with Gasteiger partial charge in [0, 0.05) is 56.9 Å². The smallest absolute Gasteiger partial charge is 0.411 e. The molecule has 0 bridgehead atoms. The van der Waals surface area contributed by atoms with E-state index in [2.05, 4.69) is 75.8 Å². The molecule has 2 amide bonds. The Hall–Kier alpha value is -5.00. The fourth-order valence-corrected chi connectivity index (χ4v) is 9.11. The van der Waals surface area contributed by atoms with Crippen molar-refractivity contribution in [1.29, 1.82) is 0 Å². The normalized spacial score (nSPS) is 21.3. The second-order valence-electron chi connectivity index (χ2n) is 19.3. The molecule has 58 heavy (non-hydrogen) atoms. The number of benzene rings is 2. The third-order valence-electron chi connectivity index (χ3n) is 11.8. The highest BCUT2D eigenvalue weighted by Gasteiger charge is 2.42. The number of aromatic nitrogens is 4. The van der Waals surface area contributed by atoms with Crippen molar-refractivity contribution in [3.05, 3.63) is 58.4 Å². The Balaban J connectivity index is 1.13. The lowest BCUT2D eigenvalue weighted by Gasteiger charge is -2.30. The molecule has 4 aliphatic rings. The molecular formula is C46H60N6O6. The summed E-state index contributed by atoms with van der Waals surface area (Å²) in [6, 6.07) is 8.25. The van der Waals surface area contributed by atoms with E-state index in [1.54, 1.807) is 0 Å². The molecule has 0 spiro atoms. The molecule has 4 aliphatic heterocycles. The predicted molar refractivity (Wildman–Crippen MR) is 223 cm³/mol. The Kier molecular flexibility index (Phi) is 9.87. The first-order chi connectivity index (χ1) is 27.3. The van der Waals surface area contributed by atoms with Crippen molar-refractivity contribution < 1.29 is 28.5 Å². The Morgan fingerprint density at radius 3 is 1.38 bits per heavy atom. The SMILES string of the molecule is CC(C)c1[nH]c([C@@H]2CC[C@H](C)N2C(=O)OC(C)(C)C)nc1-c1cc2c3c(c1)OCc1cc(-c4nc([C@@H]5CC[C@H](C)N5C(=O)OC(C)(C)C)[nH]c4C(C)C)cc(c1-3)OC2. The molecule has 6 heterocycles. The van der Waals surface area contributed by atoms with E-state index in [1.807, 2.05) is 51.3 Å². The minimum Gasteiger partial charge on any atom is -0.488 e. The number of aromatic amines is 2. The Morgan fingerprint density at radius 1 is 0.655 bits per heavy atom. The van der Waals surface area contributed by atoms with Gasteiger partial charge in [-0.1, -0.05) is 27.7 Å². The number of nitrogens with zero attached hydrogens (tertiary/aromatic N) is 4. The van der Waals surface area contributed by atoms with Crippen molar-refractivity contribution in [2.75, 3.05) is 0 Å². The maximum Gasteiger partial charge on any atom is 0.411 e. The number of likely N-dealkylation sites (tertiary alicyclic amines) is 2. The van der Waals surface area contributed by atoms with E-state index >= 15 is 0 Å². The van der Waals surface area contributed by atoms with Gasteiger partial charge in [-0.2, -0.15) is 0 Å². The molecule has 4 aromatic rings. The summed E-state index contributed by atoms with van der Waals surface area (Å²) in [5, 5.41) is 0. The summed E-state index contributed by atoms with van der Waals surface area (Å²) in [7, 11) is 0. The zero-order valence-electron chi connectivity index (χ0n) is 36.3. The average Bonchev–Trinajstić information content (AvgIpc) is 3.93. The van der Waals surface area contributed by atoms with Crippen LogP contribution in [0.5, 0.6) is 11.5 Å². The van der Waals surface area contributed by atoms with Crippen LogP contribution in [0.3, 0.4) is 0 Å². The van der Waals surface area contributed by atoms with E-state index in [-0.39, 0.29) is 48.2 Å². The number of hydrogen-bond acceptors (Lipinski definition) is 8. The maximum absolute atomic E-state index is 13.4. The summed E-state index contributed by atoms with van der Waals surface area (Å²) in [4.78, 5) is 48.2. The molecular weight excluding hydrogens is 733 g/mol. The Morgan fingerprint density at radius 2 is 1.03 bits per heavy atom. The number of amides is 2. The minimum absolute atomic E-state index is 0.0436. The molecule has 2 saturated heterocycles. The molecule has 2 aromatic carbocycles. The summed E-state index contributed by atoms with van der Waals surface area (Å²) in [5.74, 6) is 3.50. The number of hydrogen-bond donors (Lipinski definition) is 2. The second-order valence-corrected chi connectivity index (χ2v) is 19.3. The highest BCUT2D eigenvalue weighted by Crippen LogP contribution is 2.52. The molecule has 2 N–H and O–H groups in total. The van der Waals surface area contributed by atoms with Crippen LogP contribution in [0.4, 0.5) is 9.59 Å². The highest BCUT2D eigenvalue weighted by atomic mass is 16.6. The number of carbonyl (C=O) groups excluding carboxylic acids is 2. The summed E-state index contributed by atoms with van der Waals surface area (Å²) in [5.41, 5.74) is 8.68. The topological polar surface area (TPSA) is 135 Å². The zero-order chi connectivity index (χ0) is 41.6. The van der Waals surface area contributed by atoms with Gasteiger partial charge < -0.3 is 28.9 Å². The zero-order valence-corrected chi connectivity index (χ0v) is 36.3. The van der Waals surface area contributed by atoms with Gasteiger partial charge in [0.2, 0.25) is 0 Å². The van der Waals surface area contributed by atoms with Crippen LogP contribution >= 0.6 is 0 Å². The number of nitrogens with one attached hydrogen (secondary N) is 2. The predicted octanol–water partition coefficient (Wildman–Crippen LogP) is 11.1. The van der Waals surface area contributed by atoms with E-state index in [0.717, 1.165) is 105 Å². The van der Waals surface area contributed by atoms with Crippen LogP contribution in [0, 0.1) is 0 Å². The largest absolute Gasteiger partial charge is 0.488 e. The van der Waals surface area contributed by atoms with Gasteiger partial charge in [-0.25, -0.2) is 19.6 Å². The quantitative estimate of drug-likeness (QED) is 0.197. The van der Waals surface area contributed by atoms with Gasteiger partial charge in [0.1, 0.15) is 47.6 Å². The molecule has 2 aromatic heterocycles. The first kappa shape index (κ1) is 39.8. The third-order valence-corrected chi connectivity index (χ3v) is 11.8. The van der Waals surface area contributed by atoms with E-state index in [1.165, 1.54) is 0 Å². The number of imidazole rings is 2. The molecule has 310 valence electrons. The van der Waals surface area contributed by atoms with Crippen molar-refractivity contribution in [3.8, 4) is 45.1 Å². The lowest BCUT2D eigenvalue weighted by molar-refractivity contribution is 0.0140. The molecule has 0 unspecified atom stereocenters. The highest BCUT2D eigenvalue weighted by molar-refractivity contribution is 5.89. The molecule has 12 nitrogen and oxygen atoms in total. The second kappa shape index (κ2) is 14.4.